The Morgan fingerprint density at radius 1 is 1.24 bits per heavy atom. The number of hydrogen-bond donors (Lipinski definition) is 2. The number of nitrogens with one attached hydrogen (secondary N) is 1. The summed E-state index contributed by atoms with van der Waals surface area (Å²) in [4.78, 5) is 27.6. The summed E-state index contributed by atoms with van der Waals surface area (Å²) in [6, 6.07) is 10.7. The van der Waals surface area contributed by atoms with Gasteiger partial charge in [-0.1, -0.05) is 16.8 Å². The molecule has 0 unspecified atom stereocenters. The highest BCUT2D eigenvalue weighted by Crippen LogP contribution is 2.32. The number of benzene rings is 1. The number of nitrogens with zero attached hydrogens (tertiary/aromatic N) is 4. The Bertz CT molecular complexity index is 1440. The van der Waals surface area contributed by atoms with Crippen molar-refractivity contribution in [3.63, 3.8) is 0 Å². The standard InChI is InChI=1S/C25H26ClN5O5S/c1-14(2)30-9-7-15(8-10-30)27-24(32)23-18-4-3-17(35-25(33)34)12-19(18)31(28-23)13-16-11-20(36-29-16)21-5-6-22(26)37-21/h3-6,11-12,14-15H,7-10,13H2,1-2H3,(H,27,32)(H,33,34). The number of hydrogen-bond acceptors (Lipinski definition) is 8. The quantitative estimate of drug-likeness (QED) is 0.243. The number of aromatic nitrogens is 3. The Kier molecular flexibility index (Phi) is 7.18. The fourth-order valence-electron chi connectivity index (χ4n) is 4.52. The van der Waals surface area contributed by atoms with Gasteiger partial charge in [0.15, 0.2) is 11.5 Å². The predicted molar refractivity (Wildman–Crippen MR) is 140 cm³/mol. The number of carbonyl (C=O) groups excluding carboxylic acids is 1. The van der Waals surface area contributed by atoms with Crippen LogP contribution >= 0.6 is 22.9 Å². The first-order valence-corrected chi connectivity index (χ1v) is 13.1. The van der Waals surface area contributed by atoms with Crippen molar-refractivity contribution < 1.29 is 24.0 Å². The van der Waals surface area contributed by atoms with Gasteiger partial charge in [0.1, 0.15) is 11.4 Å². The molecule has 1 aliphatic rings. The molecule has 0 saturated carbocycles. The lowest BCUT2D eigenvalue weighted by Crippen LogP contribution is -2.46. The number of fused-ring (bicyclic) bond motifs is 1. The van der Waals surface area contributed by atoms with Gasteiger partial charge in [-0.2, -0.15) is 5.10 Å². The number of carbonyl (C=O) groups is 2. The SMILES string of the molecule is CC(C)N1CCC(NC(=O)c2nn(Cc3cc(-c4ccc(Cl)s4)on3)c3cc(OC(=O)O)ccc23)CC1. The molecule has 194 valence electrons. The Labute approximate surface area is 221 Å². The second kappa shape index (κ2) is 10.5. The molecule has 1 aliphatic heterocycles. The van der Waals surface area contributed by atoms with Crippen LogP contribution in [0.5, 0.6) is 5.75 Å². The molecule has 3 aromatic heterocycles. The van der Waals surface area contributed by atoms with Crippen LogP contribution in [-0.2, 0) is 6.54 Å². The van der Waals surface area contributed by atoms with Crippen LogP contribution in [0.15, 0.2) is 40.9 Å². The second-order valence-corrected chi connectivity index (χ2v) is 10.9. The number of piperidine rings is 1. The van der Waals surface area contributed by atoms with Gasteiger partial charge in [0.2, 0.25) is 0 Å². The smallest absolute Gasteiger partial charge is 0.449 e. The Morgan fingerprint density at radius 3 is 2.70 bits per heavy atom. The number of rotatable bonds is 7. The van der Waals surface area contributed by atoms with Crippen LogP contribution in [-0.4, -0.2) is 62.2 Å². The summed E-state index contributed by atoms with van der Waals surface area (Å²) in [6.07, 6.45) is 0.313. The molecular weight excluding hydrogens is 518 g/mol. The van der Waals surface area contributed by atoms with Crippen molar-refractivity contribution >= 4 is 45.9 Å². The Hall–Kier alpha value is -3.41. The minimum Gasteiger partial charge on any atom is -0.449 e. The molecule has 2 N–H and O–H groups in total. The lowest BCUT2D eigenvalue weighted by Gasteiger charge is -2.34. The fraction of sp³-hybridized carbons (Fsp3) is 0.360. The highest BCUT2D eigenvalue weighted by atomic mass is 35.5. The lowest BCUT2D eigenvalue weighted by atomic mass is 10.0. The molecule has 1 aromatic carbocycles. The van der Waals surface area contributed by atoms with E-state index in [1.54, 1.807) is 28.9 Å². The normalized spacial score (nSPS) is 14.9. The van der Waals surface area contributed by atoms with Gasteiger partial charge in [-0.25, -0.2) is 4.79 Å². The second-order valence-electron chi connectivity index (χ2n) is 9.22. The van der Waals surface area contributed by atoms with Gasteiger partial charge in [0.25, 0.3) is 5.91 Å². The average molecular weight is 544 g/mol. The zero-order chi connectivity index (χ0) is 26.1. The highest BCUT2D eigenvalue weighted by Gasteiger charge is 2.25. The average Bonchev–Trinajstić information content (AvgIpc) is 3.58. The van der Waals surface area contributed by atoms with Crippen molar-refractivity contribution in [3.05, 3.63) is 52.1 Å². The third-order valence-electron chi connectivity index (χ3n) is 6.43. The fourth-order valence-corrected chi connectivity index (χ4v) is 5.51. The summed E-state index contributed by atoms with van der Waals surface area (Å²) < 4.78 is 12.6. The van der Waals surface area contributed by atoms with Crippen LogP contribution in [0.3, 0.4) is 0 Å². The van der Waals surface area contributed by atoms with Gasteiger partial charge < -0.3 is 24.6 Å². The van der Waals surface area contributed by atoms with E-state index >= 15 is 0 Å². The first-order valence-electron chi connectivity index (χ1n) is 11.9. The molecule has 0 bridgehead atoms. The monoisotopic (exact) mass is 543 g/mol. The molecule has 4 aromatic rings. The molecule has 1 fully saturated rings. The predicted octanol–water partition coefficient (Wildman–Crippen LogP) is 5.11. The van der Waals surface area contributed by atoms with Gasteiger partial charge in [-0.05, 0) is 51.0 Å². The minimum absolute atomic E-state index is 0.0630. The van der Waals surface area contributed by atoms with E-state index in [9.17, 15) is 9.59 Å². The summed E-state index contributed by atoms with van der Waals surface area (Å²) >= 11 is 7.41. The first kappa shape index (κ1) is 25.2. The Morgan fingerprint density at radius 2 is 2.03 bits per heavy atom. The zero-order valence-corrected chi connectivity index (χ0v) is 21.9. The highest BCUT2D eigenvalue weighted by molar-refractivity contribution is 7.19. The van der Waals surface area contributed by atoms with E-state index in [4.69, 9.17) is 26.0 Å². The van der Waals surface area contributed by atoms with Crippen molar-refractivity contribution in [2.75, 3.05) is 13.1 Å². The molecular formula is C25H26ClN5O5S. The molecule has 0 aliphatic carbocycles. The summed E-state index contributed by atoms with van der Waals surface area (Å²) in [5.74, 6) is 0.430. The van der Waals surface area contributed by atoms with E-state index < -0.39 is 6.16 Å². The molecule has 5 rings (SSSR count). The molecule has 12 heteroatoms. The Balaban J connectivity index is 1.41. The minimum atomic E-state index is -1.42. The number of carboxylic acid groups (broad SMARTS) is 1. The zero-order valence-electron chi connectivity index (χ0n) is 20.3. The number of thiophene rings is 1. The van der Waals surface area contributed by atoms with Crippen LogP contribution in [0.4, 0.5) is 4.79 Å². The van der Waals surface area contributed by atoms with Gasteiger partial charge in [0.05, 0.1) is 21.3 Å². The molecule has 0 spiro atoms. The number of amides is 1. The maximum absolute atomic E-state index is 13.3. The van der Waals surface area contributed by atoms with E-state index in [0.717, 1.165) is 30.8 Å². The third-order valence-corrected chi connectivity index (χ3v) is 7.67. The number of halogens is 1. The van der Waals surface area contributed by atoms with E-state index in [1.165, 1.54) is 17.4 Å². The van der Waals surface area contributed by atoms with Gasteiger partial charge in [-0.15, -0.1) is 11.3 Å². The summed E-state index contributed by atoms with van der Waals surface area (Å²) in [5.41, 5.74) is 1.39. The van der Waals surface area contributed by atoms with Crippen molar-refractivity contribution in [2.24, 2.45) is 0 Å². The molecule has 37 heavy (non-hydrogen) atoms. The molecule has 0 radical (unpaired) electrons. The molecule has 0 atom stereocenters. The third kappa shape index (κ3) is 5.63. The molecule has 10 nitrogen and oxygen atoms in total. The van der Waals surface area contributed by atoms with E-state index in [-0.39, 0.29) is 29.9 Å². The largest absolute Gasteiger partial charge is 0.511 e. The van der Waals surface area contributed by atoms with Crippen molar-refractivity contribution in [1.82, 2.24) is 25.2 Å². The van der Waals surface area contributed by atoms with Crippen molar-refractivity contribution in [2.45, 2.75) is 45.3 Å². The van der Waals surface area contributed by atoms with E-state index in [0.29, 0.717) is 32.7 Å². The maximum atomic E-state index is 13.3. The van der Waals surface area contributed by atoms with Gasteiger partial charge >= 0.3 is 6.16 Å². The van der Waals surface area contributed by atoms with E-state index in [1.807, 2.05) is 6.07 Å². The van der Waals surface area contributed by atoms with Crippen LogP contribution in [0.2, 0.25) is 4.34 Å². The van der Waals surface area contributed by atoms with Gasteiger partial charge in [-0.3, -0.25) is 9.48 Å². The number of ether oxygens (including phenoxy) is 1. The topological polar surface area (TPSA) is 123 Å². The number of likely N-dealkylation sites (tertiary alicyclic amines) is 1. The van der Waals surface area contributed by atoms with Crippen LogP contribution < -0.4 is 10.1 Å². The van der Waals surface area contributed by atoms with Gasteiger partial charge in [0, 0.05) is 42.7 Å². The molecule has 1 amide bonds. The molecule has 4 heterocycles. The van der Waals surface area contributed by atoms with Crippen LogP contribution in [0.25, 0.3) is 21.5 Å². The van der Waals surface area contributed by atoms with Crippen LogP contribution in [0.1, 0.15) is 42.9 Å². The van der Waals surface area contributed by atoms with Crippen LogP contribution in [0, 0.1) is 0 Å². The lowest BCUT2D eigenvalue weighted by molar-refractivity contribution is 0.0896. The summed E-state index contributed by atoms with van der Waals surface area (Å²) in [6.45, 7) is 6.41. The van der Waals surface area contributed by atoms with Crippen molar-refractivity contribution in [1.29, 1.82) is 0 Å². The first-order chi connectivity index (χ1) is 17.8. The molecule has 1 saturated heterocycles. The summed E-state index contributed by atoms with van der Waals surface area (Å²) in [5, 5.41) is 21.5. The summed E-state index contributed by atoms with van der Waals surface area (Å²) in [7, 11) is 0. The van der Waals surface area contributed by atoms with Crippen molar-refractivity contribution in [3.8, 4) is 16.4 Å². The van der Waals surface area contributed by atoms with E-state index in [2.05, 4.69) is 34.3 Å². The maximum Gasteiger partial charge on any atom is 0.511 e.